The Morgan fingerprint density at radius 3 is 2.65 bits per heavy atom. The molecule has 1 unspecified atom stereocenters. The molecule has 0 bridgehead atoms. The summed E-state index contributed by atoms with van der Waals surface area (Å²) in [4.78, 5) is 14.3. The number of aromatic nitrogens is 1. The Morgan fingerprint density at radius 1 is 1.55 bits per heavy atom. The molecule has 20 heavy (non-hydrogen) atoms. The van der Waals surface area contributed by atoms with Crippen LogP contribution in [-0.2, 0) is 11.0 Å². The van der Waals surface area contributed by atoms with Crippen LogP contribution in [-0.4, -0.2) is 22.1 Å². The van der Waals surface area contributed by atoms with Gasteiger partial charge >= 0.3 is 12.1 Å². The lowest BCUT2D eigenvalue weighted by molar-refractivity contribution is -0.138. The van der Waals surface area contributed by atoms with E-state index >= 15 is 0 Å². The zero-order chi connectivity index (χ0) is 15.3. The number of carbonyl (C=O) groups is 1. The highest BCUT2D eigenvalue weighted by Gasteiger charge is 2.31. The van der Waals surface area contributed by atoms with Gasteiger partial charge in [-0.15, -0.1) is 0 Å². The Bertz CT molecular complexity index is 480. The molecule has 0 fully saturated rings. The second kappa shape index (κ2) is 6.78. The minimum atomic E-state index is -4.51. The Hall–Kier alpha value is -1.50. The monoisotopic (exact) mass is 310 g/mol. The fourth-order valence-corrected chi connectivity index (χ4v) is 1.90. The Kier molecular flexibility index (Phi) is 5.62. The van der Waals surface area contributed by atoms with Crippen molar-refractivity contribution in [3.05, 3.63) is 22.8 Å². The zero-order valence-electron chi connectivity index (χ0n) is 10.7. The quantitative estimate of drug-likeness (QED) is 0.838. The van der Waals surface area contributed by atoms with Crippen LogP contribution in [0.25, 0.3) is 0 Å². The topological polar surface area (TPSA) is 62.2 Å². The first-order valence-corrected chi connectivity index (χ1v) is 6.33. The summed E-state index contributed by atoms with van der Waals surface area (Å²) in [6, 6.07) is 0.333. The summed E-state index contributed by atoms with van der Waals surface area (Å²) < 4.78 is 37.4. The lowest BCUT2D eigenvalue weighted by atomic mass is 10.1. The van der Waals surface area contributed by atoms with Gasteiger partial charge in [-0.25, -0.2) is 4.98 Å². The number of carboxylic acid groups (broad SMARTS) is 1. The van der Waals surface area contributed by atoms with Gasteiger partial charge in [0.15, 0.2) is 0 Å². The minimum Gasteiger partial charge on any atom is -0.481 e. The zero-order valence-corrected chi connectivity index (χ0v) is 11.4. The smallest absolute Gasteiger partial charge is 0.417 e. The van der Waals surface area contributed by atoms with Crippen molar-refractivity contribution in [3.8, 4) is 0 Å². The molecule has 0 amide bonds. The van der Waals surface area contributed by atoms with Crippen LogP contribution in [0.4, 0.5) is 19.0 Å². The number of carboxylic acids is 1. The van der Waals surface area contributed by atoms with Gasteiger partial charge in [-0.05, 0) is 12.5 Å². The minimum absolute atomic E-state index is 0.0550. The van der Waals surface area contributed by atoms with Gasteiger partial charge in [-0.2, -0.15) is 13.2 Å². The van der Waals surface area contributed by atoms with Crippen LogP contribution in [0.1, 0.15) is 31.7 Å². The highest BCUT2D eigenvalue weighted by Crippen LogP contribution is 2.32. The molecule has 0 spiro atoms. The van der Waals surface area contributed by atoms with E-state index in [1.54, 1.807) is 0 Å². The van der Waals surface area contributed by atoms with E-state index in [1.807, 2.05) is 6.92 Å². The number of nitrogens with zero attached hydrogens (tertiary/aromatic N) is 1. The predicted molar refractivity (Wildman–Crippen MR) is 68.8 cm³/mol. The average molecular weight is 311 g/mol. The molecule has 0 aliphatic heterocycles. The van der Waals surface area contributed by atoms with Gasteiger partial charge in [0.2, 0.25) is 0 Å². The highest BCUT2D eigenvalue weighted by atomic mass is 35.5. The molecule has 112 valence electrons. The maximum atomic E-state index is 12.5. The molecule has 1 aromatic rings. The van der Waals surface area contributed by atoms with Crippen LogP contribution in [0, 0.1) is 0 Å². The molecule has 1 rings (SSSR count). The molecule has 8 heteroatoms. The van der Waals surface area contributed by atoms with Crippen LogP contribution >= 0.6 is 11.6 Å². The number of hydrogen-bond acceptors (Lipinski definition) is 3. The van der Waals surface area contributed by atoms with Gasteiger partial charge in [0.25, 0.3) is 0 Å². The molecule has 0 radical (unpaired) electrons. The third-order valence-electron chi connectivity index (χ3n) is 2.57. The largest absolute Gasteiger partial charge is 0.481 e. The van der Waals surface area contributed by atoms with Gasteiger partial charge in [-0.1, -0.05) is 24.9 Å². The molecule has 0 aromatic carbocycles. The van der Waals surface area contributed by atoms with E-state index in [-0.39, 0.29) is 17.3 Å². The van der Waals surface area contributed by atoms with Crippen molar-refractivity contribution in [3.63, 3.8) is 0 Å². The second-order valence-electron chi connectivity index (χ2n) is 4.28. The fourth-order valence-electron chi connectivity index (χ4n) is 1.68. The summed E-state index contributed by atoms with van der Waals surface area (Å²) in [5, 5.41) is 11.3. The maximum Gasteiger partial charge on any atom is 0.417 e. The van der Waals surface area contributed by atoms with E-state index in [9.17, 15) is 18.0 Å². The van der Waals surface area contributed by atoms with Crippen LogP contribution in [0.5, 0.6) is 0 Å². The molecule has 2 N–H and O–H groups in total. The molecule has 4 nitrogen and oxygen atoms in total. The summed E-state index contributed by atoms with van der Waals surface area (Å²) >= 11 is 5.74. The molecule has 0 saturated carbocycles. The first-order valence-electron chi connectivity index (χ1n) is 5.95. The predicted octanol–water partition coefficient (Wildman–Crippen LogP) is 3.81. The first kappa shape index (κ1) is 16.6. The van der Waals surface area contributed by atoms with Gasteiger partial charge in [0.05, 0.1) is 17.0 Å². The lowest BCUT2D eigenvalue weighted by Gasteiger charge is -2.18. The van der Waals surface area contributed by atoms with E-state index in [2.05, 4.69) is 10.3 Å². The molecule has 1 aromatic heterocycles. The number of aliphatic carboxylic acids is 1. The van der Waals surface area contributed by atoms with E-state index in [0.29, 0.717) is 12.6 Å². The molecule has 0 aliphatic rings. The number of halogens is 4. The number of pyridine rings is 1. The second-order valence-corrected chi connectivity index (χ2v) is 4.69. The maximum absolute atomic E-state index is 12.5. The van der Waals surface area contributed by atoms with Crippen LogP contribution in [0.15, 0.2) is 12.3 Å². The summed E-state index contributed by atoms with van der Waals surface area (Å²) in [7, 11) is 0. The number of alkyl halides is 3. The molecule has 0 saturated heterocycles. The van der Waals surface area contributed by atoms with Gasteiger partial charge < -0.3 is 10.4 Å². The first-order chi connectivity index (χ1) is 9.24. The summed E-state index contributed by atoms with van der Waals surface area (Å²) in [5.74, 6) is -0.946. The van der Waals surface area contributed by atoms with E-state index in [0.717, 1.165) is 12.5 Å². The van der Waals surface area contributed by atoms with Crippen LogP contribution < -0.4 is 5.32 Å². The van der Waals surface area contributed by atoms with Gasteiger partial charge in [-0.3, -0.25) is 4.79 Å². The van der Waals surface area contributed by atoms with Crippen molar-refractivity contribution in [1.29, 1.82) is 0 Å². The van der Waals surface area contributed by atoms with Crippen molar-refractivity contribution in [2.75, 3.05) is 5.32 Å². The Labute approximate surface area is 119 Å². The molecule has 0 aliphatic carbocycles. The fraction of sp³-hybridized carbons (Fsp3) is 0.500. The van der Waals surface area contributed by atoms with E-state index in [4.69, 9.17) is 16.7 Å². The third kappa shape index (κ3) is 4.88. The van der Waals surface area contributed by atoms with Crippen LogP contribution in [0.3, 0.4) is 0 Å². The number of hydrogen-bond donors (Lipinski definition) is 2. The van der Waals surface area contributed by atoms with Gasteiger partial charge in [0, 0.05) is 12.2 Å². The van der Waals surface area contributed by atoms with Crippen LogP contribution in [0.2, 0.25) is 5.02 Å². The summed E-state index contributed by atoms with van der Waals surface area (Å²) in [6.45, 7) is 1.87. The number of anilines is 1. The number of nitrogens with one attached hydrogen (secondary N) is 1. The molecule has 1 heterocycles. The average Bonchev–Trinajstić information content (AvgIpc) is 2.29. The summed E-state index contributed by atoms with van der Waals surface area (Å²) in [5.41, 5.74) is -0.946. The van der Waals surface area contributed by atoms with Crippen molar-refractivity contribution in [2.45, 2.75) is 38.4 Å². The highest BCUT2D eigenvalue weighted by molar-refractivity contribution is 6.33. The standard InChI is InChI=1S/C12H14ClF3N2O2/c1-2-3-8(5-10(19)20)18-11-9(13)4-7(6-17-11)12(14,15)16/h4,6,8H,2-3,5H2,1H3,(H,17,18)(H,19,20). The summed E-state index contributed by atoms with van der Waals surface area (Å²) in [6.07, 6.45) is -2.74. The molecular formula is C12H14ClF3N2O2. The van der Waals surface area contributed by atoms with Crippen molar-refractivity contribution < 1.29 is 23.1 Å². The Balaban J connectivity index is 2.88. The number of rotatable bonds is 6. The lowest BCUT2D eigenvalue weighted by Crippen LogP contribution is -2.24. The van der Waals surface area contributed by atoms with Crippen molar-refractivity contribution in [2.24, 2.45) is 0 Å². The van der Waals surface area contributed by atoms with Crippen molar-refractivity contribution in [1.82, 2.24) is 4.98 Å². The molecular weight excluding hydrogens is 297 g/mol. The Morgan fingerprint density at radius 2 is 2.20 bits per heavy atom. The third-order valence-corrected chi connectivity index (χ3v) is 2.86. The molecule has 1 atom stereocenters. The van der Waals surface area contributed by atoms with E-state index in [1.165, 1.54) is 0 Å². The van der Waals surface area contributed by atoms with E-state index < -0.39 is 23.8 Å². The SMILES string of the molecule is CCCC(CC(=O)O)Nc1ncc(C(F)(F)F)cc1Cl. The van der Waals surface area contributed by atoms with Gasteiger partial charge in [0.1, 0.15) is 5.82 Å². The van der Waals surface area contributed by atoms with Crippen molar-refractivity contribution >= 4 is 23.4 Å². The normalized spacial score (nSPS) is 13.1.